The Morgan fingerprint density at radius 3 is 2.74 bits per heavy atom. The van der Waals surface area contributed by atoms with Crippen molar-refractivity contribution < 1.29 is 4.74 Å². The van der Waals surface area contributed by atoms with Crippen LogP contribution in [0.4, 0.5) is 0 Å². The molecule has 5 heteroatoms. The molecule has 1 aliphatic carbocycles. The average Bonchev–Trinajstić information content (AvgIpc) is 3.02. The normalized spacial score (nSPS) is 19.8. The van der Waals surface area contributed by atoms with Gasteiger partial charge in [0.05, 0.1) is 17.3 Å². The van der Waals surface area contributed by atoms with E-state index < -0.39 is 0 Å². The van der Waals surface area contributed by atoms with Crippen LogP contribution in [-0.2, 0) is 17.7 Å². The number of nitrogens with two attached hydrogens (primary N) is 1. The number of hydrazine groups is 1. The van der Waals surface area contributed by atoms with E-state index in [-0.39, 0.29) is 11.6 Å². The Hall–Kier alpha value is -0.910. The summed E-state index contributed by atoms with van der Waals surface area (Å²) in [4.78, 5) is 0. The molecule has 1 fully saturated rings. The van der Waals surface area contributed by atoms with Crippen molar-refractivity contribution >= 4 is 0 Å². The minimum absolute atomic E-state index is 0.120. The molecule has 0 radical (unpaired) electrons. The first-order chi connectivity index (χ1) is 9.15. The number of aryl methyl sites for hydroxylation is 2. The van der Waals surface area contributed by atoms with Crippen molar-refractivity contribution in [1.82, 2.24) is 15.2 Å². The van der Waals surface area contributed by atoms with Crippen LogP contribution >= 0.6 is 0 Å². The largest absolute Gasteiger partial charge is 0.377 e. The maximum Gasteiger partial charge on any atom is 0.0848 e. The van der Waals surface area contributed by atoms with Gasteiger partial charge < -0.3 is 4.74 Å². The van der Waals surface area contributed by atoms with Gasteiger partial charge in [-0.15, -0.1) is 0 Å². The highest BCUT2D eigenvalue weighted by Crippen LogP contribution is 2.36. The molecule has 1 aromatic heterocycles. The molecule has 0 amide bonds. The first-order valence-electron chi connectivity index (χ1n) is 7.20. The molecule has 0 aromatic carbocycles. The summed E-state index contributed by atoms with van der Waals surface area (Å²) in [5.74, 6) is 5.80. The second kappa shape index (κ2) is 6.03. The molecule has 2 rings (SSSR count). The van der Waals surface area contributed by atoms with Gasteiger partial charge in [0.15, 0.2) is 0 Å². The second-order valence-corrected chi connectivity index (χ2v) is 5.49. The van der Waals surface area contributed by atoms with E-state index >= 15 is 0 Å². The Balaban J connectivity index is 2.18. The van der Waals surface area contributed by atoms with Gasteiger partial charge in [-0.1, -0.05) is 12.8 Å². The van der Waals surface area contributed by atoms with Crippen LogP contribution in [0.2, 0.25) is 0 Å². The molecule has 1 unspecified atom stereocenters. The highest BCUT2D eigenvalue weighted by atomic mass is 16.5. The van der Waals surface area contributed by atoms with Crippen molar-refractivity contribution in [1.29, 1.82) is 0 Å². The molecule has 1 aliphatic rings. The van der Waals surface area contributed by atoms with E-state index in [0.717, 1.165) is 31.5 Å². The second-order valence-electron chi connectivity index (χ2n) is 5.49. The van der Waals surface area contributed by atoms with Gasteiger partial charge in [-0.25, -0.2) is 0 Å². The molecule has 0 bridgehead atoms. The summed E-state index contributed by atoms with van der Waals surface area (Å²) in [7, 11) is 1.80. The van der Waals surface area contributed by atoms with E-state index in [9.17, 15) is 0 Å². The van der Waals surface area contributed by atoms with Crippen LogP contribution in [0.25, 0.3) is 0 Å². The fraction of sp³-hybridized carbons (Fsp3) is 0.786. The van der Waals surface area contributed by atoms with Crippen LogP contribution in [0.5, 0.6) is 0 Å². The Bertz CT molecular complexity index is 410. The van der Waals surface area contributed by atoms with E-state index in [0.29, 0.717) is 0 Å². The third-order valence-electron chi connectivity index (χ3n) is 4.39. The van der Waals surface area contributed by atoms with Crippen LogP contribution in [0, 0.1) is 6.92 Å². The zero-order valence-electron chi connectivity index (χ0n) is 12.3. The van der Waals surface area contributed by atoms with E-state index in [1.54, 1.807) is 7.11 Å². The molecule has 3 N–H and O–H groups in total. The third kappa shape index (κ3) is 2.83. The molecule has 1 heterocycles. The lowest BCUT2D eigenvalue weighted by Crippen LogP contribution is -2.54. The molecule has 1 saturated carbocycles. The smallest absolute Gasteiger partial charge is 0.0848 e. The molecule has 1 aromatic rings. The SMILES string of the molecule is CCn1nc(C)cc1CC(NN)C1(OC)CCCC1. The van der Waals surface area contributed by atoms with Gasteiger partial charge in [-0.3, -0.25) is 16.0 Å². The van der Waals surface area contributed by atoms with Crippen LogP contribution in [-0.4, -0.2) is 28.5 Å². The Kier molecular flexibility index (Phi) is 4.60. The zero-order valence-corrected chi connectivity index (χ0v) is 12.3. The molecular weight excluding hydrogens is 240 g/mol. The molecule has 108 valence electrons. The first-order valence-corrected chi connectivity index (χ1v) is 7.20. The summed E-state index contributed by atoms with van der Waals surface area (Å²) in [6.45, 7) is 5.03. The van der Waals surface area contributed by atoms with Crippen molar-refractivity contribution in [3.8, 4) is 0 Å². The summed E-state index contributed by atoms with van der Waals surface area (Å²) >= 11 is 0. The van der Waals surface area contributed by atoms with Gasteiger partial charge in [0.1, 0.15) is 0 Å². The van der Waals surface area contributed by atoms with Gasteiger partial charge in [0, 0.05) is 25.8 Å². The van der Waals surface area contributed by atoms with E-state index in [4.69, 9.17) is 10.6 Å². The van der Waals surface area contributed by atoms with Crippen LogP contribution in [0.15, 0.2) is 6.07 Å². The van der Waals surface area contributed by atoms with Crippen molar-refractivity contribution in [3.63, 3.8) is 0 Å². The molecule has 0 spiro atoms. The van der Waals surface area contributed by atoms with Crippen molar-refractivity contribution in [2.24, 2.45) is 5.84 Å². The van der Waals surface area contributed by atoms with Gasteiger partial charge in [0.2, 0.25) is 0 Å². The van der Waals surface area contributed by atoms with Gasteiger partial charge >= 0.3 is 0 Å². The first kappa shape index (κ1) is 14.5. The minimum atomic E-state index is -0.120. The van der Waals surface area contributed by atoms with Crippen LogP contribution in [0.3, 0.4) is 0 Å². The third-order valence-corrected chi connectivity index (χ3v) is 4.39. The topological polar surface area (TPSA) is 65.1 Å². The number of nitrogens with one attached hydrogen (secondary N) is 1. The zero-order chi connectivity index (χ0) is 13.9. The summed E-state index contributed by atoms with van der Waals surface area (Å²) in [5.41, 5.74) is 5.15. The lowest BCUT2D eigenvalue weighted by molar-refractivity contribution is -0.0360. The standard InChI is InChI=1S/C14H26N4O/c1-4-18-12(9-11(2)17-18)10-13(16-15)14(19-3)7-5-6-8-14/h9,13,16H,4-8,10,15H2,1-3H3. The number of methoxy groups -OCH3 is 1. The fourth-order valence-electron chi connectivity index (χ4n) is 3.31. The predicted octanol–water partition coefficient (Wildman–Crippen LogP) is 1.55. The van der Waals surface area contributed by atoms with E-state index in [1.165, 1.54) is 18.5 Å². The average molecular weight is 266 g/mol. The number of nitrogens with zero attached hydrogens (tertiary/aromatic N) is 2. The summed E-state index contributed by atoms with van der Waals surface area (Å²) in [6.07, 6.45) is 5.46. The number of hydrogen-bond donors (Lipinski definition) is 2. The number of hydrogen-bond acceptors (Lipinski definition) is 4. The molecule has 0 aliphatic heterocycles. The minimum Gasteiger partial charge on any atom is -0.377 e. The highest BCUT2D eigenvalue weighted by Gasteiger charge is 2.41. The highest BCUT2D eigenvalue weighted by molar-refractivity contribution is 5.13. The van der Waals surface area contributed by atoms with Gasteiger partial charge in [-0.05, 0) is 32.8 Å². The quantitative estimate of drug-likeness (QED) is 0.605. The van der Waals surface area contributed by atoms with Gasteiger partial charge in [0.25, 0.3) is 0 Å². The predicted molar refractivity (Wildman–Crippen MR) is 75.7 cm³/mol. The van der Waals surface area contributed by atoms with Gasteiger partial charge in [-0.2, -0.15) is 5.10 Å². The molecule has 19 heavy (non-hydrogen) atoms. The Morgan fingerprint density at radius 1 is 1.53 bits per heavy atom. The van der Waals surface area contributed by atoms with Crippen LogP contribution < -0.4 is 11.3 Å². The number of ether oxygens (including phenoxy) is 1. The van der Waals surface area contributed by atoms with Crippen molar-refractivity contribution in [3.05, 3.63) is 17.5 Å². The Labute approximate surface area is 115 Å². The number of rotatable bonds is 6. The monoisotopic (exact) mass is 266 g/mol. The number of aromatic nitrogens is 2. The summed E-state index contributed by atoms with van der Waals surface area (Å²) in [6, 6.07) is 2.29. The lowest BCUT2D eigenvalue weighted by atomic mass is 9.89. The maximum absolute atomic E-state index is 5.83. The van der Waals surface area contributed by atoms with Crippen LogP contribution in [0.1, 0.15) is 44.0 Å². The van der Waals surface area contributed by atoms with Crippen molar-refractivity contribution in [2.75, 3.05) is 7.11 Å². The maximum atomic E-state index is 5.83. The molecule has 0 saturated heterocycles. The molecular formula is C14H26N4O. The Morgan fingerprint density at radius 2 is 2.21 bits per heavy atom. The van der Waals surface area contributed by atoms with E-state index in [2.05, 4.69) is 28.2 Å². The molecule has 1 atom stereocenters. The molecule has 5 nitrogen and oxygen atoms in total. The van der Waals surface area contributed by atoms with Crippen molar-refractivity contribution in [2.45, 2.75) is 64.1 Å². The lowest BCUT2D eigenvalue weighted by Gasteiger charge is -2.36. The van der Waals surface area contributed by atoms with E-state index in [1.807, 2.05) is 6.92 Å². The fourth-order valence-corrected chi connectivity index (χ4v) is 3.31. The summed E-state index contributed by atoms with van der Waals surface area (Å²) in [5, 5.41) is 4.50. The summed E-state index contributed by atoms with van der Waals surface area (Å²) < 4.78 is 7.89.